The predicted molar refractivity (Wildman–Crippen MR) is 152 cm³/mol. The first-order valence-corrected chi connectivity index (χ1v) is 15.3. The summed E-state index contributed by atoms with van der Waals surface area (Å²) in [6, 6.07) is 14.8. The lowest BCUT2D eigenvalue weighted by Gasteiger charge is -2.50. The average molecular weight is 549 g/mol. The van der Waals surface area contributed by atoms with E-state index in [1.54, 1.807) is 12.1 Å². The van der Waals surface area contributed by atoms with Gasteiger partial charge in [-0.3, -0.25) is 9.69 Å². The molecular formula is C31H36N2O5S. The zero-order valence-electron chi connectivity index (χ0n) is 22.8. The van der Waals surface area contributed by atoms with Gasteiger partial charge in [0.1, 0.15) is 0 Å². The molecule has 2 aromatic rings. The third kappa shape index (κ3) is 5.45. The lowest BCUT2D eigenvalue weighted by atomic mass is 9.58. The van der Waals surface area contributed by atoms with Crippen molar-refractivity contribution in [2.45, 2.75) is 33.7 Å². The van der Waals surface area contributed by atoms with Gasteiger partial charge in [-0.15, -0.1) is 0 Å². The number of rotatable bonds is 5. The van der Waals surface area contributed by atoms with Gasteiger partial charge in [-0.1, -0.05) is 62.8 Å². The highest BCUT2D eigenvalue weighted by atomic mass is 32.2. The summed E-state index contributed by atoms with van der Waals surface area (Å²) in [5.74, 6) is -0.506. The lowest BCUT2D eigenvalue weighted by Crippen LogP contribution is -2.48. The smallest absolute Gasteiger partial charge is 0.335 e. The molecule has 0 radical (unpaired) electrons. The van der Waals surface area contributed by atoms with Gasteiger partial charge in [0.2, 0.25) is 0 Å². The summed E-state index contributed by atoms with van der Waals surface area (Å²) in [6.07, 6.45) is 5.26. The molecule has 5 rings (SSSR count). The highest BCUT2D eigenvalue weighted by Crippen LogP contribution is 2.55. The van der Waals surface area contributed by atoms with Crippen molar-refractivity contribution in [3.8, 4) is 0 Å². The Bertz CT molecular complexity index is 1440. The van der Waals surface area contributed by atoms with Gasteiger partial charge in [0, 0.05) is 49.1 Å². The van der Waals surface area contributed by atoms with Crippen molar-refractivity contribution in [1.82, 2.24) is 9.80 Å². The van der Waals surface area contributed by atoms with Crippen LogP contribution in [0.5, 0.6) is 0 Å². The first kappa shape index (κ1) is 27.3. The molecule has 2 heterocycles. The highest BCUT2D eigenvalue weighted by molar-refractivity contribution is 7.91. The fourth-order valence-corrected chi connectivity index (χ4v) is 7.74. The third-order valence-corrected chi connectivity index (χ3v) is 10.2. The predicted octanol–water partition coefficient (Wildman–Crippen LogP) is 4.52. The molecule has 8 heteroatoms. The van der Waals surface area contributed by atoms with Crippen molar-refractivity contribution in [3.63, 3.8) is 0 Å². The van der Waals surface area contributed by atoms with Gasteiger partial charge in [0.25, 0.3) is 5.91 Å². The number of carbonyl (C=O) groups is 2. The summed E-state index contributed by atoms with van der Waals surface area (Å²) < 4.78 is 23.4. The Morgan fingerprint density at radius 3 is 2.13 bits per heavy atom. The third-order valence-electron chi connectivity index (χ3n) is 8.58. The number of benzene rings is 2. The summed E-state index contributed by atoms with van der Waals surface area (Å²) >= 11 is 0. The molecule has 0 spiro atoms. The summed E-state index contributed by atoms with van der Waals surface area (Å²) in [7, 11) is -2.90. The molecule has 1 atom stereocenters. The number of carbonyl (C=O) groups excluding carboxylic acids is 1. The van der Waals surface area contributed by atoms with E-state index in [4.69, 9.17) is 0 Å². The molecule has 0 unspecified atom stereocenters. The van der Waals surface area contributed by atoms with Crippen LogP contribution in [0.4, 0.5) is 0 Å². The van der Waals surface area contributed by atoms with Crippen LogP contribution in [0.2, 0.25) is 0 Å². The van der Waals surface area contributed by atoms with E-state index in [2.05, 4.69) is 37.8 Å². The molecular weight excluding hydrogens is 512 g/mol. The van der Waals surface area contributed by atoms with Crippen LogP contribution in [-0.2, 0) is 16.4 Å². The monoisotopic (exact) mass is 548 g/mol. The second-order valence-electron chi connectivity index (χ2n) is 11.8. The molecule has 0 saturated carbocycles. The number of amides is 1. The molecule has 2 aromatic carbocycles. The summed E-state index contributed by atoms with van der Waals surface area (Å²) in [6.45, 7) is 9.59. The fraction of sp³-hybridized carbons (Fsp3) is 0.419. The van der Waals surface area contributed by atoms with Crippen LogP contribution in [0.1, 0.15) is 59.0 Å². The zero-order valence-corrected chi connectivity index (χ0v) is 23.6. The maximum atomic E-state index is 13.5. The molecule has 1 saturated heterocycles. The summed E-state index contributed by atoms with van der Waals surface area (Å²) in [5, 5.41) is 9.25. The van der Waals surface area contributed by atoms with Crippen LogP contribution in [0.25, 0.3) is 5.57 Å². The van der Waals surface area contributed by atoms with Crippen LogP contribution in [0, 0.1) is 10.8 Å². The van der Waals surface area contributed by atoms with Gasteiger partial charge in [-0.25, -0.2) is 13.2 Å². The van der Waals surface area contributed by atoms with Gasteiger partial charge in [0.05, 0.1) is 17.1 Å². The van der Waals surface area contributed by atoms with Crippen molar-refractivity contribution >= 4 is 27.3 Å². The van der Waals surface area contributed by atoms with E-state index in [9.17, 15) is 23.1 Å². The minimum atomic E-state index is -2.90. The molecule has 7 nitrogen and oxygen atoms in total. The molecule has 1 aliphatic carbocycles. The number of carboxylic acid groups (broad SMARTS) is 1. The lowest BCUT2D eigenvalue weighted by molar-refractivity contribution is 0.0678. The normalized spacial score (nSPS) is 24.3. The number of allylic oxidation sites excluding steroid dienone is 2. The molecule has 1 fully saturated rings. The number of carboxylic acids is 1. The second-order valence-corrected chi connectivity index (χ2v) is 14.1. The molecule has 1 amide bonds. The maximum absolute atomic E-state index is 13.5. The molecule has 3 aliphatic rings. The number of aromatic carboxylic acids is 1. The number of sulfone groups is 1. The van der Waals surface area contributed by atoms with Crippen LogP contribution in [-0.4, -0.2) is 72.9 Å². The van der Waals surface area contributed by atoms with E-state index in [1.165, 1.54) is 11.1 Å². The Balaban J connectivity index is 1.28. The Morgan fingerprint density at radius 1 is 0.897 bits per heavy atom. The highest BCUT2D eigenvalue weighted by Gasteiger charge is 2.46. The quantitative estimate of drug-likeness (QED) is 0.553. The molecule has 1 N–H and O–H groups in total. The van der Waals surface area contributed by atoms with Gasteiger partial charge in [0.15, 0.2) is 9.84 Å². The first-order chi connectivity index (χ1) is 18.4. The van der Waals surface area contributed by atoms with E-state index < -0.39 is 15.8 Å². The van der Waals surface area contributed by atoms with Crippen molar-refractivity contribution in [3.05, 3.63) is 88.5 Å². The van der Waals surface area contributed by atoms with Gasteiger partial charge in [-0.2, -0.15) is 0 Å². The standard InChI is InChI=1S/C31H36N2O5S/c1-30(2)26(23-8-10-25(11-9-23)29(35)36)12-14-31(3)21-33(15-13-27(30)31)28(34)24-6-4-22(5-7-24)20-32-16-18-39(37,38)19-17-32/h4-13H,14-21H2,1-3H3,(H,35,36)/t31-/m1/s1. The summed E-state index contributed by atoms with van der Waals surface area (Å²) in [4.78, 5) is 28.8. The number of nitrogens with zero attached hydrogens (tertiary/aromatic N) is 2. The topological polar surface area (TPSA) is 95.0 Å². The first-order valence-electron chi connectivity index (χ1n) is 13.4. The number of hydrogen-bond acceptors (Lipinski definition) is 5. The number of hydrogen-bond donors (Lipinski definition) is 1. The van der Waals surface area contributed by atoms with Crippen LogP contribution in [0.15, 0.2) is 66.3 Å². The minimum absolute atomic E-state index is 0.0129. The van der Waals surface area contributed by atoms with Crippen molar-refractivity contribution in [2.75, 3.05) is 37.7 Å². The Kier molecular flexibility index (Phi) is 7.06. The van der Waals surface area contributed by atoms with Gasteiger partial charge < -0.3 is 10.0 Å². The van der Waals surface area contributed by atoms with Crippen LogP contribution < -0.4 is 0 Å². The molecule has 206 valence electrons. The second kappa shape index (κ2) is 10.1. The van der Waals surface area contributed by atoms with Crippen molar-refractivity contribution < 1.29 is 23.1 Å². The summed E-state index contributed by atoms with van der Waals surface area (Å²) in [5.41, 5.74) is 5.10. The van der Waals surface area contributed by atoms with E-state index in [-0.39, 0.29) is 33.8 Å². The Morgan fingerprint density at radius 2 is 1.51 bits per heavy atom. The van der Waals surface area contributed by atoms with Crippen LogP contribution in [0.3, 0.4) is 0 Å². The molecule has 2 aliphatic heterocycles. The fourth-order valence-electron chi connectivity index (χ4n) is 6.46. The van der Waals surface area contributed by atoms with E-state index in [1.807, 2.05) is 41.3 Å². The van der Waals surface area contributed by atoms with E-state index in [0.29, 0.717) is 38.3 Å². The van der Waals surface area contributed by atoms with Gasteiger partial charge >= 0.3 is 5.97 Å². The van der Waals surface area contributed by atoms with Crippen LogP contribution >= 0.6 is 0 Å². The maximum Gasteiger partial charge on any atom is 0.335 e. The average Bonchev–Trinajstić information content (AvgIpc) is 2.89. The largest absolute Gasteiger partial charge is 0.478 e. The Hall–Kier alpha value is -3.23. The SMILES string of the molecule is CC1(C)C(c2ccc(C(=O)O)cc2)=CC[C@]2(C)CN(C(=O)c3ccc(CN4CCS(=O)(=O)CC4)cc3)CC=C12. The zero-order chi connectivity index (χ0) is 28.0. The van der Waals surface area contributed by atoms with E-state index >= 15 is 0 Å². The number of fused-ring (bicyclic) bond motifs is 1. The molecule has 0 aromatic heterocycles. The minimum Gasteiger partial charge on any atom is -0.478 e. The molecule has 39 heavy (non-hydrogen) atoms. The van der Waals surface area contributed by atoms with E-state index in [0.717, 1.165) is 17.5 Å². The van der Waals surface area contributed by atoms with Crippen molar-refractivity contribution in [1.29, 1.82) is 0 Å². The van der Waals surface area contributed by atoms with Crippen molar-refractivity contribution in [2.24, 2.45) is 10.8 Å². The Labute approximate surface area is 230 Å². The molecule has 0 bridgehead atoms. The van der Waals surface area contributed by atoms with Gasteiger partial charge in [-0.05, 0) is 47.4 Å².